The Morgan fingerprint density at radius 3 is 2.22 bits per heavy atom. The highest BCUT2D eigenvalue weighted by atomic mass is 15.3. The monoisotopic (exact) mass is 235 g/mol. The second-order valence-corrected chi connectivity index (χ2v) is 3.77. The molecule has 0 saturated carbocycles. The lowest BCUT2D eigenvalue weighted by Crippen LogP contribution is -2.13. The molecule has 0 heterocycles. The summed E-state index contributed by atoms with van der Waals surface area (Å²) in [6.07, 6.45) is 1.70. The van der Waals surface area contributed by atoms with Crippen LogP contribution in [0.4, 0.5) is 0 Å². The van der Waals surface area contributed by atoms with Crippen molar-refractivity contribution in [2.45, 2.75) is 6.04 Å². The third kappa shape index (κ3) is 3.19. The second-order valence-electron chi connectivity index (χ2n) is 3.77. The van der Waals surface area contributed by atoms with E-state index in [0.717, 1.165) is 11.1 Å². The minimum atomic E-state index is -0.425. The summed E-state index contributed by atoms with van der Waals surface area (Å²) in [5.41, 5.74) is 4.75. The first-order chi connectivity index (χ1) is 8.90. The molecule has 0 aliphatic rings. The van der Waals surface area contributed by atoms with E-state index in [4.69, 9.17) is 5.26 Å². The fourth-order valence-electron chi connectivity index (χ4n) is 1.55. The molecule has 2 rings (SSSR count). The molecule has 88 valence electrons. The minimum absolute atomic E-state index is 0.425. The van der Waals surface area contributed by atoms with Gasteiger partial charge in [-0.25, -0.2) is 0 Å². The molecule has 2 aromatic rings. The molecule has 3 heteroatoms. The summed E-state index contributed by atoms with van der Waals surface area (Å²) >= 11 is 0. The Morgan fingerprint density at radius 1 is 1.00 bits per heavy atom. The highest BCUT2D eigenvalue weighted by Gasteiger charge is 2.06. The van der Waals surface area contributed by atoms with Gasteiger partial charge in [-0.05, 0) is 11.1 Å². The molecule has 0 radical (unpaired) electrons. The average Bonchev–Trinajstić information content (AvgIpc) is 2.46. The van der Waals surface area contributed by atoms with Gasteiger partial charge in [0.2, 0.25) is 0 Å². The molecule has 0 aliphatic heterocycles. The van der Waals surface area contributed by atoms with E-state index >= 15 is 0 Å². The molecule has 18 heavy (non-hydrogen) atoms. The summed E-state index contributed by atoms with van der Waals surface area (Å²) in [5, 5.41) is 13.2. The van der Waals surface area contributed by atoms with E-state index < -0.39 is 6.04 Å². The molecule has 0 amide bonds. The number of hydrogen-bond donors (Lipinski definition) is 1. The Kier molecular flexibility index (Phi) is 4.10. The van der Waals surface area contributed by atoms with Crippen LogP contribution in [0.1, 0.15) is 17.2 Å². The third-order valence-corrected chi connectivity index (χ3v) is 2.48. The van der Waals surface area contributed by atoms with Crippen molar-refractivity contribution in [1.29, 1.82) is 5.26 Å². The van der Waals surface area contributed by atoms with E-state index in [1.165, 1.54) is 0 Å². The highest BCUT2D eigenvalue weighted by Crippen LogP contribution is 2.10. The molecule has 0 aliphatic carbocycles. The zero-order chi connectivity index (χ0) is 12.6. The number of nitriles is 1. The maximum atomic E-state index is 9.09. The van der Waals surface area contributed by atoms with E-state index in [1.807, 2.05) is 60.7 Å². The van der Waals surface area contributed by atoms with Crippen LogP contribution in [-0.2, 0) is 0 Å². The third-order valence-electron chi connectivity index (χ3n) is 2.48. The molecular weight excluding hydrogens is 222 g/mol. The van der Waals surface area contributed by atoms with Crippen molar-refractivity contribution in [2.75, 3.05) is 0 Å². The smallest absolute Gasteiger partial charge is 0.155 e. The Labute approximate surface area is 106 Å². The Balaban J connectivity index is 2.01. The van der Waals surface area contributed by atoms with Gasteiger partial charge in [-0.3, -0.25) is 5.43 Å². The number of hydrogen-bond acceptors (Lipinski definition) is 3. The second kappa shape index (κ2) is 6.21. The number of hydrazone groups is 1. The lowest BCUT2D eigenvalue weighted by molar-refractivity contribution is 0.672. The zero-order valence-electron chi connectivity index (χ0n) is 9.82. The first kappa shape index (κ1) is 11.9. The number of rotatable bonds is 4. The van der Waals surface area contributed by atoms with Gasteiger partial charge in [0.15, 0.2) is 6.04 Å². The van der Waals surface area contributed by atoms with Crippen LogP contribution >= 0.6 is 0 Å². The van der Waals surface area contributed by atoms with Crippen molar-refractivity contribution in [1.82, 2.24) is 5.43 Å². The Hall–Kier alpha value is -2.60. The predicted octanol–water partition coefficient (Wildman–Crippen LogP) is 2.87. The number of benzene rings is 2. The lowest BCUT2D eigenvalue weighted by atomic mass is 10.1. The molecule has 0 aromatic heterocycles. The fourth-order valence-corrected chi connectivity index (χ4v) is 1.55. The molecular formula is C15H13N3. The first-order valence-electron chi connectivity index (χ1n) is 5.68. The van der Waals surface area contributed by atoms with Crippen LogP contribution in [0.2, 0.25) is 0 Å². The number of nitrogens with one attached hydrogen (secondary N) is 1. The average molecular weight is 235 g/mol. The summed E-state index contributed by atoms with van der Waals surface area (Å²) in [4.78, 5) is 0. The molecule has 0 bridgehead atoms. The first-order valence-corrected chi connectivity index (χ1v) is 5.68. The zero-order valence-corrected chi connectivity index (χ0v) is 9.82. The molecule has 0 spiro atoms. The molecule has 2 aromatic carbocycles. The van der Waals surface area contributed by atoms with Gasteiger partial charge in [0, 0.05) is 0 Å². The SMILES string of the molecule is N#CC(N/N=C/c1ccccc1)c1ccccc1. The topological polar surface area (TPSA) is 48.2 Å². The van der Waals surface area contributed by atoms with Crippen LogP contribution in [0.25, 0.3) is 0 Å². The van der Waals surface area contributed by atoms with Gasteiger partial charge >= 0.3 is 0 Å². The minimum Gasteiger partial charge on any atom is -0.288 e. The van der Waals surface area contributed by atoms with Gasteiger partial charge in [0.25, 0.3) is 0 Å². The molecule has 0 saturated heterocycles. The van der Waals surface area contributed by atoms with Gasteiger partial charge in [0.05, 0.1) is 12.3 Å². The van der Waals surface area contributed by atoms with Crippen molar-refractivity contribution >= 4 is 6.21 Å². The van der Waals surface area contributed by atoms with Crippen LogP contribution in [0.5, 0.6) is 0 Å². The van der Waals surface area contributed by atoms with Crippen molar-refractivity contribution in [3.05, 3.63) is 71.8 Å². The summed E-state index contributed by atoms with van der Waals surface area (Å²) in [6, 6.07) is 21.0. The largest absolute Gasteiger partial charge is 0.288 e. The van der Waals surface area contributed by atoms with E-state index in [2.05, 4.69) is 16.6 Å². The van der Waals surface area contributed by atoms with Crippen LogP contribution in [0.3, 0.4) is 0 Å². The van der Waals surface area contributed by atoms with E-state index in [0.29, 0.717) is 0 Å². The quantitative estimate of drug-likeness (QED) is 0.654. The fraction of sp³-hybridized carbons (Fsp3) is 0.0667. The maximum Gasteiger partial charge on any atom is 0.155 e. The summed E-state index contributed by atoms with van der Waals surface area (Å²) in [6.45, 7) is 0. The Bertz CT molecular complexity index is 541. The maximum absolute atomic E-state index is 9.09. The normalized spacial score (nSPS) is 11.9. The van der Waals surface area contributed by atoms with Crippen LogP contribution in [-0.4, -0.2) is 6.21 Å². The molecule has 1 atom stereocenters. The highest BCUT2D eigenvalue weighted by molar-refractivity contribution is 5.79. The summed E-state index contributed by atoms with van der Waals surface area (Å²) in [5.74, 6) is 0. The molecule has 3 nitrogen and oxygen atoms in total. The van der Waals surface area contributed by atoms with Crippen LogP contribution < -0.4 is 5.43 Å². The van der Waals surface area contributed by atoms with Gasteiger partial charge in [-0.15, -0.1) is 0 Å². The van der Waals surface area contributed by atoms with E-state index in [9.17, 15) is 0 Å². The van der Waals surface area contributed by atoms with E-state index in [1.54, 1.807) is 6.21 Å². The Morgan fingerprint density at radius 2 is 1.61 bits per heavy atom. The van der Waals surface area contributed by atoms with Crippen molar-refractivity contribution in [2.24, 2.45) is 5.10 Å². The molecule has 0 fully saturated rings. The standard InChI is InChI=1S/C15H13N3/c16-11-15(14-9-5-2-6-10-14)18-17-12-13-7-3-1-4-8-13/h1-10,12,15,18H/b17-12+. The van der Waals surface area contributed by atoms with Crippen molar-refractivity contribution in [3.8, 4) is 6.07 Å². The van der Waals surface area contributed by atoms with Crippen LogP contribution in [0, 0.1) is 11.3 Å². The van der Waals surface area contributed by atoms with Gasteiger partial charge in [-0.1, -0.05) is 60.7 Å². The van der Waals surface area contributed by atoms with Crippen molar-refractivity contribution in [3.63, 3.8) is 0 Å². The summed E-state index contributed by atoms with van der Waals surface area (Å²) < 4.78 is 0. The van der Waals surface area contributed by atoms with Gasteiger partial charge in [-0.2, -0.15) is 10.4 Å². The molecule has 1 N–H and O–H groups in total. The van der Waals surface area contributed by atoms with Gasteiger partial charge < -0.3 is 0 Å². The molecule has 1 unspecified atom stereocenters. The lowest BCUT2D eigenvalue weighted by Gasteiger charge is -2.07. The predicted molar refractivity (Wildman–Crippen MR) is 72.0 cm³/mol. The van der Waals surface area contributed by atoms with Crippen LogP contribution in [0.15, 0.2) is 65.8 Å². The van der Waals surface area contributed by atoms with Gasteiger partial charge in [0.1, 0.15) is 0 Å². The van der Waals surface area contributed by atoms with Crippen molar-refractivity contribution < 1.29 is 0 Å². The summed E-state index contributed by atoms with van der Waals surface area (Å²) in [7, 11) is 0. The number of nitrogens with zero attached hydrogens (tertiary/aromatic N) is 2. The van der Waals surface area contributed by atoms with E-state index in [-0.39, 0.29) is 0 Å².